The fourth-order valence-corrected chi connectivity index (χ4v) is 0.741. The third-order valence-corrected chi connectivity index (χ3v) is 1.32. The highest BCUT2D eigenvalue weighted by atomic mass is 14.7. The molecule has 62 valence electrons. The molecule has 0 saturated heterocycles. The molecule has 0 unspecified atom stereocenters. The van der Waals surface area contributed by atoms with Crippen molar-refractivity contribution in [3.63, 3.8) is 0 Å². The van der Waals surface area contributed by atoms with Gasteiger partial charge in [-0.05, 0) is 18.1 Å². The summed E-state index contributed by atoms with van der Waals surface area (Å²) in [6.07, 6.45) is 2.35. The van der Waals surface area contributed by atoms with Gasteiger partial charge < -0.3 is 11.5 Å². The number of nitrogens with two attached hydrogens (primary N) is 2. The van der Waals surface area contributed by atoms with E-state index in [4.69, 9.17) is 11.5 Å². The quantitative estimate of drug-likeness (QED) is 0.585. The molecule has 0 spiro atoms. The predicted octanol–water partition coefficient (Wildman–Crippen LogP) is 0.364. The number of hydrogen-bond donors (Lipinski definition) is 2. The topological polar surface area (TPSA) is 64.9 Å². The molecule has 0 saturated carbocycles. The van der Waals surface area contributed by atoms with Crippen molar-refractivity contribution in [1.29, 1.82) is 0 Å². The van der Waals surface area contributed by atoms with Gasteiger partial charge in [0.05, 0.1) is 5.69 Å². The zero-order valence-corrected chi connectivity index (χ0v) is 6.75. The summed E-state index contributed by atoms with van der Waals surface area (Å²) in [7, 11) is 0. The Morgan fingerprint density at radius 2 is 2.33 bits per heavy atom. The van der Waals surface area contributed by atoms with Gasteiger partial charge in [-0.2, -0.15) is 0 Å². The van der Waals surface area contributed by atoms with Gasteiger partial charge in [0.2, 0.25) is 0 Å². The lowest BCUT2D eigenvalue weighted by atomic mass is 10.3. The standard InChI is InChI=1S/C9H11N3/c10-6-2-1-5-9-8(11)4-3-7-12-9/h3-4,7H,2,6,10-11H2. The minimum atomic E-state index is 0.569. The third-order valence-electron chi connectivity index (χ3n) is 1.32. The normalized spacial score (nSPS) is 8.75. The van der Waals surface area contributed by atoms with E-state index in [0.717, 1.165) is 0 Å². The fraction of sp³-hybridized carbons (Fsp3) is 0.222. The fourth-order valence-electron chi connectivity index (χ4n) is 0.741. The van der Waals surface area contributed by atoms with Crippen LogP contribution in [0.15, 0.2) is 18.3 Å². The van der Waals surface area contributed by atoms with Gasteiger partial charge in [-0.15, -0.1) is 0 Å². The Morgan fingerprint density at radius 1 is 1.50 bits per heavy atom. The van der Waals surface area contributed by atoms with Gasteiger partial charge in [0.1, 0.15) is 5.69 Å². The molecule has 1 aromatic heterocycles. The van der Waals surface area contributed by atoms with Crippen LogP contribution in [0, 0.1) is 11.8 Å². The van der Waals surface area contributed by atoms with Crippen molar-refractivity contribution < 1.29 is 0 Å². The van der Waals surface area contributed by atoms with Gasteiger partial charge in [0.25, 0.3) is 0 Å². The lowest BCUT2D eigenvalue weighted by Crippen LogP contribution is -1.96. The van der Waals surface area contributed by atoms with E-state index in [0.29, 0.717) is 24.3 Å². The SMILES string of the molecule is NCCC#Cc1ncccc1N. The summed E-state index contributed by atoms with van der Waals surface area (Å²) in [5, 5.41) is 0. The van der Waals surface area contributed by atoms with Crippen LogP contribution in [0.4, 0.5) is 5.69 Å². The van der Waals surface area contributed by atoms with Gasteiger partial charge in [0, 0.05) is 19.2 Å². The van der Waals surface area contributed by atoms with Crippen LogP contribution < -0.4 is 11.5 Å². The molecule has 4 N–H and O–H groups in total. The maximum Gasteiger partial charge on any atom is 0.136 e. The maximum atomic E-state index is 5.61. The number of anilines is 1. The van der Waals surface area contributed by atoms with Crippen LogP contribution >= 0.6 is 0 Å². The Hall–Kier alpha value is -1.53. The molecule has 0 bridgehead atoms. The number of nitrogens with zero attached hydrogens (tertiary/aromatic N) is 1. The molecule has 0 fully saturated rings. The van der Waals surface area contributed by atoms with E-state index < -0.39 is 0 Å². The van der Waals surface area contributed by atoms with Crippen molar-refractivity contribution in [1.82, 2.24) is 4.98 Å². The Morgan fingerprint density at radius 3 is 3.00 bits per heavy atom. The van der Waals surface area contributed by atoms with Gasteiger partial charge in [-0.1, -0.05) is 5.92 Å². The lowest BCUT2D eigenvalue weighted by Gasteiger charge is -1.93. The average molecular weight is 161 g/mol. The zero-order valence-electron chi connectivity index (χ0n) is 6.75. The summed E-state index contributed by atoms with van der Waals surface area (Å²) in [6.45, 7) is 0.569. The molecule has 1 aromatic rings. The Balaban J connectivity index is 2.77. The van der Waals surface area contributed by atoms with Crippen molar-refractivity contribution >= 4 is 5.69 Å². The first-order valence-corrected chi connectivity index (χ1v) is 3.74. The van der Waals surface area contributed by atoms with Crippen LogP contribution in [0.25, 0.3) is 0 Å². The van der Waals surface area contributed by atoms with Crippen LogP contribution in [-0.2, 0) is 0 Å². The molecule has 12 heavy (non-hydrogen) atoms. The number of hydrogen-bond acceptors (Lipinski definition) is 3. The van der Waals surface area contributed by atoms with E-state index in [9.17, 15) is 0 Å². The van der Waals surface area contributed by atoms with Crippen molar-refractivity contribution in [2.75, 3.05) is 12.3 Å². The lowest BCUT2D eigenvalue weighted by molar-refractivity contribution is 1.03. The largest absolute Gasteiger partial charge is 0.396 e. The molecule has 0 aliphatic carbocycles. The number of rotatable bonds is 1. The van der Waals surface area contributed by atoms with E-state index >= 15 is 0 Å². The number of aromatic nitrogens is 1. The molecular weight excluding hydrogens is 150 g/mol. The molecule has 0 aliphatic heterocycles. The van der Waals surface area contributed by atoms with Gasteiger partial charge >= 0.3 is 0 Å². The second-order valence-electron chi connectivity index (χ2n) is 2.28. The van der Waals surface area contributed by atoms with E-state index in [1.165, 1.54) is 0 Å². The monoisotopic (exact) mass is 161 g/mol. The summed E-state index contributed by atoms with van der Waals surface area (Å²) in [4.78, 5) is 4.01. The number of nitrogen functional groups attached to an aromatic ring is 1. The van der Waals surface area contributed by atoms with E-state index in [1.54, 1.807) is 18.3 Å². The zero-order chi connectivity index (χ0) is 8.81. The molecule has 1 heterocycles. The average Bonchev–Trinajstić information content (AvgIpc) is 2.09. The predicted molar refractivity (Wildman–Crippen MR) is 49.2 cm³/mol. The highest BCUT2D eigenvalue weighted by molar-refractivity contribution is 5.50. The first-order valence-electron chi connectivity index (χ1n) is 3.74. The van der Waals surface area contributed by atoms with Gasteiger partial charge in [-0.25, -0.2) is 4.98 Å². The van der Waals surface area contributed by atoms with Crippen molar-refractivity contribution in [2.45, 2.75) is 6.42 Å². The smallest absolute Gasteiger partial charge is 0.136 e. The summed E-state index contributed by atoms with van der Waals surface area (Å²) in [6, 6.07) is 3.56. The van der Waals surface area contributed by atoms with Crippen molar-refractivity contribution in [3.05, 3.63) is 24.0 Å². The van der Waals surface area contributed by atoms with Gasteiger partial charge in [-0.3, -0.25) is 0 Å². The van der Waals surface area contributed by atoms with Crippen LogP contribution in [0.2, 0.25) is 0 Å². The summed E-state index contributed by atoms with van der Waals surface area (Å²) < 4.78 is 0. The minimum absolute atomic E-state index is 0.569. The van der Waals surface area contributed by atoms with Crippen LogP contribution in [0.1, 0.15) is 12.1 Å². The highest BCUT2D eigenvalue weighted by Crippen LogP contribution is 2.03. The second kappa shape index (κ2) is 4.37. The first kappa shape index (κ1) is 8.57. The Labute approximate surface area is 71.8 Å². The molecule has 1 rings (SSSR count). The molecule has 3 nitrogen and oxygen atoms in total. The summed E-state index contributed by atoms with van der Waals surface area (Å²) in [5.41, 5.74) is 12.1. The maximum absolute atomic E-state index is 5.61. The van der Waals surface area contributed by atoms with Crippen LogP contribution in [-0.4, -0.2) is 11.5 Å². The molecule has 0 aromatic carbocycles. The molecule has 0 radical (unpaired) electrons. The summed E-state index contributed by atoms with van der Waals surface area (Å²) in [5.74, 6) is 5.72. The van der Waals surface area contributed by atoms with E-state index in [1.807, 2.05) is 0 Å². The molecular formula is C9H11N3. The van der Waals surface area contributed by atoms with Crippen LogP contribution in [0.3, 0.4) is 0 Å². The first-order chi connectivity index (χ1) is 5.84. The van der Waals surface area contributed by atoms with E-state index in [2.05, 4.69) is 16.8 Å². The Kier molecular flexibility index (Phi) is 3.12. The van der Waals surface area contributed by atoms with Crippen molar-refractivity contribution in [2.24, 2.45) is 5.73 Å². The third kappa shape index (κ3) is 2.26. The van der Waals surface area contributed by atoms with E-state index in [-0.39, 0.29) is 0 Å². The molecule has 3 heteroatoms. The van der Waals surface area contributed by atoms with Crippen molar-refractivity contribution in [3.8, 4) is 11.8 Å². The van der Waals surface area contributed by atoms with Gasteiger partial charge in [0.15, 0.2) is 0 Å². The molecule has 0 atom stereocenters. The Bertz CT molecular complexity index is 309. The highest BCUT2D eigenvalue weighted by Gasteiger charge is 1.91. The van der Waals surface area contributed by atoms with Crippen LogP contribution in [0.5, 0.6) is 0 Å². The minimum Gasteiger partial charge on any atom is -0.396 e. The second-order valence-corrected chi connectivity index (χ2v) is 2.28. The molecule has 0 aliphatic rings. The number of pyridine rings is 1. The summed E-state index contributed by atoms with van der Waals surface area (Å²) >= 11 is 0. The molecule has 0 amide bonds.